The van der Waals surface area contributed by atoms with Gasteiger partial charge in [-0.2, -0.15) is 0 Å². The molecule has 2 atom stereocenters. The minimum atomic E-state index is 0.0892. The van der Waals surface area contributed by atoms with Crippen LogP contribution in [0.4, 0.5) is 5.82 Å². The molecule has 0 aliphatic carbocycles. The number of dihydropyridines is 1. The number of ether oxygens (including phenoxy) is 1. The normalized spacial score (nSPS) is 25.2. The highest BCUT2D eigenvalue weighted by molar-refractivity contribution is 5.44. The molecule has 0 aromatic carbocycles. The summed E-state index contributed by atoms with van der Waals surface area (Å²) in [6, 6.07) is 4.00. The lowest BCUT2D eigenvalue weighted by atomic mass is 10.1. The summed E-state index contributed by atoms with van der Waals surface area (Å²) in [6.07, 6.45) is 8.16. The summed E-state index contributed by atoms with van der Waals surface area (Å²) in [6.45, 7) is 2.26. The molecule has 0 radical (unpaired) electrons. The van der Waals surface area contributed by atoms with Crippen LogP contribution in [0.25, 0.3) is 5.65 Å². The van der Waals surface area contributed by atoms with E-state index in [4.69, 9.17) is 4.74 Å². The number of allylic oxidation sites excluding steroid dienone is 2. The van der Waals surface area contributed by atoms with Crippen LogP contribution in [-0.2, 0) is 4.74 Å². The van der Waals surface area contributed by atoms with Crippen LogP contribution in [0.2, 0.25) is 0 Å². The molecule has 2 aliphatic rings. The Balaban J connectivity index is 1.54. The average molecular weight is 285 g/mol. The fourth-order valence-corrected chi connectivity index (χ4v) is 2.60. The second-order valence-electron chi connectivity index (χ2n) is 5.01. The Kier molecular flexibility index (Phi) is 3.00. The van der Waals surface area contributed by atoms with Crippen molar-refractivity contribution in [1.29, 1.82) is 0 Å². The molecule has 0 bridgehead atoms. The number of anilines is 1. The van der Waals surface area contributed by atoms with Gasteiger partial charge in [0.1, 0.15) is 0 Å². The van der Waals surface area contributed by atoms with Crippen LogP contribution < -0.4 is 10.2 Å². The fourth-order valence-electron chi connectivity index (χ4n) is 2.60. The number of nitrogens with one attached hydrogen (secondary N) is 1. The zero-order valence-corrected chi connectivity index (χ0v) is 11.3. The molecule has 2 aromatic heterocycles. The van der Waals surface area contributed by atoms with E-state index < -0.39 is 0 Å². The summed E-state index contributed by atoms with van der Waals surface area (Å²) >= 11 is 0. The van der Waals surface area contributed by atoms with E-state index in [-0.39, 0.29) is 12.1 Å². The molecule has 21 heavy (non-hydrogen) atoms. The second kappa shape index (κ2) is 5.13. The molecule has 1 saturated heterocycles. The highest BCUT2D eigenvalue weighted by atomic mass is 16.5. The van der Waals surface area contributed by atoms with Crippen LogP contribution >= 0.6 is 0 Å². The van der Waals surface area contributed by atoms with Crippen molar-refractivity contribution < 1.29 is 4.74 Å². The molecule has 108 valence electrons. The number of tetrazole rings is 1. The minimum absolute atomic E-state index is 0.0892. The molecule has 1 N–H and O–H groups in total. The SMILES string of the molecule is C1=CNC(C2CN(c3ccc4nnnn4n3)CCO2)C=C1. The van der Waals surface area contributed by atoms with Crippen LogP contribution in [0.3, 0.4) is 0 Å². The highest BCUT2D eigenvalue weighted by Crippen LogP contribution is 2.18. The zero-order valence-electron chi connectivity index (χ0n) is 11.3. The van der Waals surface area contributed by atoms with Crippen LogP contribution in [-0.4, -0.2) is 57.1 Å². The minimum Gasteiger partial charge on any atom is -0.382 e. The van der Waals surface area contributed by atoms with E-state index in [2.05, 4.69) is 36.9 Å². The first-order chi connectivity index (χ1) is 10.4. The van der Waals surface area contributed by atoms with Gasteiger partial charge in [0.25, 0.3) is 0 Å². The lowest BCUT2D eigenvalue weighted by Crippen LogP contribution is -2.51. The predicted octanol–water partition coefficient (Wildman–Crippen LogP) is -0.234. The monoisotopic (exact) mass is 285 g/mol. The third kappa shape index (κ3) is 2.33. The van der Waals surface area contributed by atoms with Crippen molar-refractivity contribution in [2.45, 2.75) is 12.1 Å². The van der Waals surface area contributed by atoms with Crippen molar-refractivity contribution in [1.82, 2.24) is 30.6 Å². The summed E-state index contributed by atoms with van der Waals surface area (Å²) in [5, 5.41) is 19.1. The number of hydrogen-bond acceptors (Lipinski definition) is 7. The highest BCUT2D eigenvalue weighted by Gasteiger charge is 2.27. The first-order valence-electron chi connectivity index (χ1n) is 6.91. The van der Waals surface area contributed by atoms with Gasteiger partial charge in [0.15, 0.2) is 11.5 Å². The fraction of sp³-hybridized carbons (Fsp3) is 0.385. The van der Waals surface area contributed by atoms with Crippen LogP contribution in [0.15, 0.2) is 36.6 Å². The van der Waals surface area contributed by atoms with E-state index in [0.29, 0.717) is 12.3 Å². The summed E-state index contributed by atoms with van der Waals surface area (Å²) in [4.78, 5) is 2.20. The van der Waals surface area contributed by atoms with E-state index in [9.17, 15) is 0 Å². The molecule has 1 fully saturated rings. The van der Waals surface area contributed by atoms with Gasteiger partial charge < -0.3 is 15.0 Å². The van der Waals surface area contributed by atoms with E-state index in [1.54, 1.807) is 0 Å². The van der Waals surface area contributed by atoms with E-state index >= 15 is 0 Å². The van der Waals surface area contributed by atoms with Crippen molar-refractivity contribution in [3.63, 3.8) is 0 Å². The van der Waals surface area contributed by atoms with Crippen molar-refractivity contribution in [2.75, 3.05) is 24.6 Å². The van der Waals surface area contributed by atoms with Gasteiger partial charge in [0.05, 0.1) is 18.8 Å². The smallest absolute Gasteiger partial charge is 0.200 e. The molecular formula is C13H15N7O. The predicted molar refractivity (Wildman–Crippen MR) is 75.7 cm³/mol. The third-order valence-corrected chi connectivity index (χ3v) is 3.69. The van der Waals surface area contributed by atoms with Gasteiger partial charge in [-0.1, -0.05) is 12.2 Å². The van der Waals surface area contributed by atoms with Gasteiger partial charge in [-0.25, -0.2) is 0 Å². The molecule has 2 unspecified atom stereocenters. The summed E-state index contributed by atoms with van der Waals surface area (Å²) < 4.78 is 7.32. The summed E-state index contributed by atoms with van der Waals surface area (Å²) in [5.74, 6) is 0.860. The van der Waals surface area contributed by atoms with Gasteiger partial charge in [-0.3, -0.25) is 0 Å². The number of rotatable bonds is 2. The molecule has 0 spiro atoms. The number of fused-ring (bicyclic) bond motifs is 1. The maximum atomic E-state index is 5.88. The van der Waals surface area contributed by atoms with Crippen molar-refractivity contribution in [3.05, 3.63) is 36.6 Å². The lowest BCUT2D eigenvalue weighted by molar-refractivity contribution is 0.0275. The van der Waals surface area contributed by atoms with E-state index in [1.807, 2.05) is 30.5 Å². The maximum Gasteiger partial charge on any atom is 0.200 e. The molecule has 0 amide bonds. The Morgan fingerprint density at radius 1 is 1.29 bits per heavy atom. The number of hydrogen-bond donors (Lipinski definition) is 1. The summed E-state index contributed by atoms with van der Waals surface area (Å²) in [7, 11) is 0. The molecule has 2 aromatic rings. The van der Waals surface area contributed by atoms with E-state index in [1.165, 1.54) is 4.63 Å². The van der Waals surface area contributed by atoms with Crippen molar-refractivity contribution in [2.24, 2.45) is 0 Å². The zero-order chi connectivity index (χ0) is 14.1. The van der Waals surface area contributed by atoms with Crippen LogP contribution in [0.1, 0.15) is 0 Å². The van der Waals surface area contributed by atoms with Crippen LogP contribution in [0.5, 0.6) is 0 Å². The van der Waals surface area contributed by atoms with Crippen LogP contribution in [0, 0.1) is 0 Å². The first kappa shape index (κ1) is 12.3. The van der Waals surface area contributed by atoms with E-state index in [0.717, 1.165) is 18.9 Å². The lowest BCUT2D eigenvalue weighted by Gasteiger charge is -2.37. The van der Waals surface area contributed by atoms with Gasteiger partial charge in [-0.15, -0.1) is 14.8 Å². The Labute approximate surface area is 121 Å². The van der Waals surface area contributed by atoms with Gasteiger partial charge in [0, 0.05) is 13.1 Å². The van der Waals surface area contributed by atoms with Gasteiger partial charge in [0.2, 0.25) is 0 Å². The Hall–Kier alpha value is -2.48. The van der Waals surface area contributed by atoms with Gasteiger partial charge >= 0.3 is 0 Å². The molecular weight excluding hydrogens is 270 g/mol. The standard InChI is InChI=1S/C13H15N7O/c1-2-6-14-10(3-1)11-9-19(7-8-21-11)13-5-4-12-15-17-18-20(12)16-13/h1-6,10-11,14H,7-9H2. The number of aromatic nitrogens is 5. The Morgan fingerprint density at radius 3 is 3.19 bits per heavy atom. The third-order valence-electron chi connectivity index (χ3n) is 3.69. The molecule has 2 aliphatic heterocycles. The molecule has 0 saturated carbocycles. The Morgan fingerprint density at radius 2 is 2.29 bits per heavy atom. The molecule has 4 rings (SSSR count). The average Bonchev–Trinajstić information content (AvgIpc) is 3.03. The topological polar surface area (TPSA) is 80.5 Å². The molecule has 4 heterocycles. The maximum absolute atomic E-state index is 5.88. The second-order valence-corrected chi connectivity index (χ2v) is 5.01. The first-order valence-corrected chi connectivity index (χ1v) is 6.91. The molecule has 8 heteroatoms. The van der Waals surface area contributed by atoms with Crippen molar-refractivity contribution >= 4 is 11.5 Å². The van der Waals surface area contributed by atoms with Gasteiger partial charge in [-0.05, 0) is 34.8 Å². The quantitative estimate of drug-likeness (QED) is 0.816. The van der Waals surface area contributed by atoms with Crippen molar-refractivity contribution in [3.8, 4) is 0 Å². The summed E-state index contributed by atoms with van der Waals surface area (Å²) in [5.41, 5.74) is 0.644. The number of nitrogens with zero attached hydrogens (tertiary/aromatic N) is 6. The Bertz CT molecular complexity index is 695. The number of morpholine rings is 1. The largest absolute Gasteiger partial charge is 0.382 e. The molecule has 8 nitrogen and oxygen atoms in total.